The molecule has 2 aromatic rings. The fraction of sp³-hybridized carbons (Fsp3) is 0.214. The van der Waals surface area contributed by atoms with Gasteiger partial charge in [-0.3, -0.25) is 0 Å². The largest absolute Gasteiger partial charge is 0.465 e. The van der Waals surface area contributed by atoms with Crippen LogP contribution in [0.2, 0.25) is 5.02 Å². The van der Waals surface area contributed by atoms with Crippen molar-refractivity contribution < 1.29 is 13.9 Å². The molecule has 0 amide bonds. The molecule has 100 valence electrons. The van der Waals surface area contributed by atoms with Gasteiger partial charge in [0.25, 0.3) is 0 Å². The van der Waals surface area contributed by atoms with Gasteiger partial charge in [-0.25, -0.2) is 4.79 Å². The highest BCUT2D eigenvalue weighted by atomic mass is 35.5. The first-order chi connectivity index (χ1) is 9.10. The minimum Gasteiger partial charge on any atom is -0.465 e. The molecule has 1 aromatic carbocycles. The quantitative estimate of drug-likeness (QED) is 0.868. The minimum absolute atomic E-state index is 0.393. The van der Waals surface area contributed by atoms with Gasteiger partial charge in [-0.1, -0.05) is 17.7 Å². The summed E-state index contributed by atoms with van der Waals surface area (Å²) < 4.78 is 10.2. The van der Waals surface area contributed by atoms with Gasteiger partial charge in [0.15, 0.2) is 0 Å². The predicted molar refractivity (Wildman–Crippen MR) is 73.6 cm³/mol. The first-order valence-electron chi connectivity index (χ1n) is 5.77. The summed E-state index contributed by atoms with van der Waals surface area (Å²) in [6, 6.07) is 9.07. The van der Waals surface area contributed by atoms with Crippen LogP contribution in [0.3, 0.4) is 0 Å². The van der Waals surface area contributed by atoms with Crippen LogP contribution in [0.5, 0.6) is 0 Å². The fourth-order valence-electron chi connectivity index (χ4n) is 1.73. The van der Waals surface area contributed by atoms with Gasteiger partial charge >= 0.3 is 5.97 Å². The van der Waals surface area contributed by atoms with Crippen LogP contribution < -0.4 is 5.32 Å². The second-order valence-electron chi connectivity index (χ2n) is 4.04. The number of benzene rings is 1. The molecule has 1 N–H and O–H groups in total. The molecule has 0 spiro atoms. The average molecular weight is 280 g/mol. The van der Waals surface area contributed by atoms with Gasteiger partial charge < -0.3 is 14.5 Å². The van der Waals surface area contributed by atoms with Crippen LogP contribution in [0.15, 0.2) is 34.7 Å². The number of halogens is 1. The lowest BCUT2D eigenvalue weighted by Gasteiger charge is -2.04. The number of methoxy groups -OCH3 is 1. The lowest BCUT2D eigenvalue weighted by Crippen LogP contribution is -2.01. The van der Waals surface area contributed by atoms with Crippen molar-refractivity contribution in [3.63, 3.8) is 0 Å². The minimum atomic E-state index is -0.393. The molecule has 0 saturated carbocycles. The standard InChI is InChI=1S/C14H14ClNO3/c1-9-13(14(17)18-2)7-12(19-9)8-16-11-5-3-4-10(15)6-11/h3-7,16H,8H2,1-2H3. The summed E-state index contributed by atoms with van der Waals surface area (Å²) in [5.41, 5.74) is 1.34. The highest BCUT2D eigenvalue weighted by Crippen LogP contribution is 2.19. The number of hydrogen-bond donors (Lipinski definition) is 1. The van der Waals surface area contributed by atoms with E-state index >= 15 is 0 Å². The highest BCUT2D eigenvalue weighted by Gasteiger charge is 2.14. The number of carbonyl (C=O) groups excluding carboxylic acids is 1. The topological polar surface area (TPSA) is 51.5 Å². The Balaban J connectivity index is 2.06. The van der Waals surface area contributed by atoms with Crippen molar-refractivity contribution in [3.8, 4) is 0 Å². The summed E-state index contributed by atoms with van der Waals surface area (Å²) in [5, 5.41) is 3.83. The van der Waals surface area contributed by atoms with Crippen LogP contribution in [0.1, 0.15) is 21.9 Å². The monoisotopic (exact) mass is 279 g/mol. The van der Waals surface area contributed by atoms with Gasteiger partial charge in [0.05, 0.1) is 13.7 Å². The third-order valence-corrected chi connectivity index (χ3v) is 2.90. The molecule has 0 fully saturated rings. The number of ether oxygens (including phenoxy) is 1. The Morgan fingerprint density at radius 1 is 1.42 bits per heavy atom. The molecular weight excluding hydrogens is 266 g/mol. The Morgan fingerprint density at radius 2 is 2.21 bits per heavy atom. The molecular formula is C14H14ClNO3. The second-order valence-corrected chi connectivity index (χ2v) is 4.47. The third-order valence-electron chi connectivity index (χ3n) is 2.67. The Labute approximate surface area is 116 Å². The zero-order chi connectivity index (χ0) is 13.8. The number of rotatable bonds is 4. The Kier molecular flexibility index (Phi) is 4.12. The van der Waals surface area contributed by atoms with Gasteiger partial charge in [-0.2, -0.15) is 0 Å². The molecule has 0 saturated heterocycles. The Hall–Kier alpha value is -1.94. The summed E-state index contributed by atoms with van der Waals surface area (Å²) in [7, 11) is 1.35. The van der Waals surface area contributed by atoms with Crippen molar-refractivity contribution in [2.24, 2.45) is 0 Å². The number of anilines is 1. The van der Waals surface area contributed by atoms with Crippen LogP contribution in [0.4, 0.5) is 5.69 Å². The van der Waals surface area contributed by atoms with Crippen molar-refractivity contribution in [2.45, 2.75) is 13.5 Å². The number of furan rings is 1. The molecule has 2 rings (SSSR count). The van der Waals surface area contributed by atoms with E-state index in [4.69, 9.17) is 16.0 Å². The van der Waals surface area contributed by atoms with E-state index in [1.54, 1.807) is 19.1 Å². The number of aryl methyl sites for hydroxylation is 1. The van der Waals surface area contributed by atoms with Gasteiger partial charge in [0.2, 0.25) is 0 Å². The molecule has 0 atom stereocenters. The van der Waals surface area contributed by atoms with E-state index in [0.717, 1.165) is 5.69 Å². The Morgan fingerprint density at radius 3 is 2.89 bits per heavy atom. The lowest BCUT2D eigenvalue weighted by atomic mass is 10.2. The Bertz CT molecular complexity index is 592. The summed E-state index contributed by atoms with van der Waals surface area (Å²) >= 11 is 5.89. The van der Waals surface area contributed by atoms with E-state index in [0.29, 0.717) is 28.7 Å². The van der Waals surface area contributed by atoms with E-state index in [1.807, 2.05) is 18.2 Å². The summed E-state index contributed by atoms with van der Waals surface area (Å²) in [4.78, 5) is 11.4. The summed E-state index contributed by atoms with van der Waals surface area (Å²) in [6.07, 6.45) is 0. The van der Waals surface area contributed by atoms with Gasteiger partial charge in [0.1, 0.15) is 17.1 Å². The number of nitrogens with one attached hydrogen (secondary N) is 1. The first kappa shape index (κ1) is 13.5. The lowest BCUT2D eigenvalue weighted by molar-refractivity contribution is 0.0599. The summed E-state index contributed by atoms with van der Waals surface area (Å²) in [5.74, 6) is 0.822. The van der Waals surface area contributed by atoms with Crippen LogP contribution in [0.25, 0.3) is 0 Å². The van der Waals surface area contributed by atoms with E-state index < -0.39 is 5.97 Å². The average Bonchev–Trinajstić information content (AvgIpc) is 2.77. The van der Waals surface area contributed by atoms with Gasteiger partial charge in [0, 0.05) is 10.7 Å². The van der Waals surface area contributed by atoms with Crippen molar-refractivity contribution in [1.82, 2.24) is 0 Å². The van der Waals surface area contributed by atoms with E-state index in [2.05, 4.69) is 10.1 Å². The van der Waals surface area contributed by atoms with Crippen molar-refractivity contribution in [1.29, 1.82) is 0 Å². The van der Waals surface area contributed by atoms with Crippen LogP contribution in [-0.4, -0.2) is 13.1 Å². The van der Waals surface area contributed by atoms with Crippen molar-refractivity contribution in [2.75, 3.05) is 12.4 Å². The maximum absolute atomic E-state index is 11.4. The molecule has 19 heavy (non-hydrogen) atoms. The zero-order valence-corrected chi connectivity index (χ0v) is 11.5. The fourth-order valence-corrected chi connectivity index (χ4v) is 1.92. The molecule has 5 heteroatoms. The molecule has 0 unspecified atom stereocenters. The molecule has 0 bridgehead atoms. The van der Waals surface area contributed by atoms with Crippen molar-refractivity contribution in [3.05, 3.63) is 52.4 Å². The molecule has 1 heterocycles. The van der Waals surface area contributed by atoms with Crippen LogP contribution in [-0.2, 0) is 11.3 Å². The van der Waals surface area contributed by atoms with E-state index in [9.17, 15) is 4.79 Å². The molecule has 0 aliphatic carbocycles. The zero-order valence-electron chi connectivity index (χ0n) is 10.7. The molecule has 0 aliphatic rings. The third kappa shape index (κ3) is 3.29. The smallest absolute Gasteiger partial charge is 0.341 e. The van der Waals surface area contributed by atoms with Gasteiger partial charge in [-0.15, -0.1) is 0 Å². The highest BCUT2D eigenvalue weighted by molar-refractivity contribution is 6.30. The number of carbonyl (C=O) groups is 1. The van der Waals surface area contributed by atoms with E-state index in [-0.39, 0.29) is 0 Å². The molecule has 4 nitrogen and oxygen atoms in total. The molecule has 0 radical (unpaired) electrons. The van der Waals surface area contributed by atoms with Crippen LogP contribution >= 0.6 is 11.6 Å². The second kappa shape index (κ2) is 5.80. The van der Waals surface area contributed by atoms with Crippen molar-refractivity contribution >= 4 is 23.3 Å². The van der Waals surface area contributed by atoms with Gasteiger partial charge in [-0.05, 0) is 31.2 Å². The van der Waals surface area contributed by atoms with E-state index in [1.165, 1.54) is 7.11 Å². The maximum atomic E-state index is 11.4. The number of hydrogen-bond acceptors (Lipinski definition) is 4. The number of esters is 1. The first-order valence-corrected chi connectivity index (χ1v) is 6.15. The predicted octanol–water partition coefficient (Wildman–Crippen LogP) is 3.64. The summed E-state index contributed by atoms with van der Waals surface area (Å²) in [6.45, 7) is 2.20. The normalized spacial score (nSPS) is 10.3. The SMILES string of the molecule is COC(=O)c1cc(CNc2cccc(Cl)c2)oc1C. The van der Waals surface area contributed by atoms with Crippen LogP contribution in [0, 0.1) is 6.92 Å². The molecule has 0 aliphatic heterocycles. The maximum Gasteiger partial charge on any atom is 0.341 e. The molecule has 1 aromatic heterocycles.